The van der Waals surface area contributed by atoms with Crippen molar-refractivity contribution in [2.24, 2.45) is 5.73 Å². The molecule has 1 unspecified atom stereocenters. The van der Waals surface area contributed by atoms with Crippen molar-refractivity contribution in [1.82, 2.24) is 0 Å². The molecule has 0 radical (unpaired) electrons. The third-order valence-electron chi connectivity index (χ3n) is 3.42. The van der Waals surface area contributed by atoms with Crippen molar-refractivity contribution in [2.45, 2.75) is 46.6 Å². The molecule has 0 bridgehead atoms. The molecule has 1 atom stereocenters. The Morgan fingerprint density at radius 1 is 1.24 bits per heavy atom. The Kier molecular flexibility index (Phi) is 4.29. The van der Waals surface area contributed by atoms with Crippen molar-refractivity contribution in [2.75, 3.05) is 0 Å². The Labute approximate surface area is 103 Å². The molecule has 0 fully saturated rings. The molecule has 0 spiro atoms. The van der Waals surface area contributed by atoms with Crippen molar-refractivity contribution in [3.05, 3.63) is 33.9 Å². The topological polar surface area (TPSA) is 63.3 Å². The van der Waals surface area contributed by atoms with E-state index >= 15 is 0 Å². The fraction of sp³-hybridized carbons (Fsp3) is 0.500. The number of benzene rings is 1. The Morgan fingerprint density at radius 2 is 1.71 bits per heavy atom. The molecule has 17 heavy (non-hydrogen) atoms. The molecule has 1 rings (SSSR count). The molecule has 0 aromatic heterocycles. The van der Waals surface area contributed by atoms with Crippen LogP contribution in [-0.4, -0.2) is 17.1 Å². The molecule has 0 aliphatic carbocycles. The van der Waals surface area contributed by atoms with E-state index in [0.29, 0.717) is 6.42 Å². The largest absolute Gasteiger partial charge is 0.481 e. The van der Waals surface area contributed by atoms with Crippen LogP contribution in [0.3, 0.4) is 0 Å². The number of nitrogens with two attached hydrogens (primary N) is 1. The Balaban J connectivity index is 3.01. The number of rotatable bonds is 4. The van der Waals surface area contributed by atoms with Gasteiger partial charge in [-0.2, -0.15) is 0 Å². The van der Waals surface area contributed by atoms with Gasteiger partial charge in [-0.1, -0.05) is 6.07 Å². The Bertz CT molecular complexity index is 412. The standard InChI is InChI=1S/C14H21NO2/c1-8-5-9(2)11(4)13(10(8)3)6-12(15)7-14(16)17/h5,12H,6-7,15H2,1-4H3,(H,16,17). The minimum atomic E-state index is -0.836. The summed E-state index contributed by atoms with van der Waals surface area (Å²) in [5, 5.41) is 8.73. The van der Waals surface area contributed by atoms with Gasteiger partial charge in [0.15, 0.2) is 0 Å². The number of hydrogen-bond acceptors (Lipinski definition) is 2. The summed E-state index contributed by atoms with van der Waals surface area (Å²) in [7, 11) is 0. The number of aryl methyl sites for hydroxylation is 2. The van der Waals surface area contributed by atoms with E-state index in [9.17, 15) is 4.79 Å². The van der Waals surface area contributed by atoms with Crippen molar-refractivity contribution >= 4 is 5.97 Å². The summed E-state index contributed by atoms with van der Waals surface area (Å²) >= 11 is 0. The van der Waals surface area contributed by atoms with Gasteiger partial charge < -0.3 is 10.8 Å². The van der Waals surface area contributed by atoms with Crippen LogP contribution in [0, 0.1) is 27.7 Å². The van der Waals surface area contributed by atoms with E-state index in [4.69, 9.17) is 10.8 Å². The predicted molar refractivity (Wildman–Crippen MR) is 69.3 cm³/mol. The number of carboxylic acid groups (broad SMARTS) is 1. The van der Waals surface area contributed by atoms with Crippen LogP contribution in [0.1, 0.15) is 34.2 Å². The number of carboxylic acids is 1. The van der Waals surface area contributed by atoms with Crippen molar-refractivity contribution in [3.8, 4) is 0 Å². The number of hydrogen-bond donors (Lipinski definition) is 2. The number of aliphatic carboxylic acids is 1. The average Bonchev–Trinajstić information content (AvgIpc) is 2.20. The molecule has 0 heterocycles. The van der Waals surface area contributed by atoms with Gasteiger partial charge >= 0.3 is 5.97 Å². The minimum absolute atomic E-state index is 0.0197. The second kappa shape index (κ2) is 5.32. The van der Waals surface area contributed by atoms with Crippen LogP contribution in [0.25, 0.3) is 0 Å². The van der Waals surface area contributed by atoms with E-state index in [1.807, 2.05) is 0 Å². The second-order valence-corrected chi connectivity index (χ2v) is 4.80. The van der Waals surface area contributed by atoms with Crippen LogP contribution in [0.4, 0.5) is 0 Å². The van der Waals surface area contributed by atoms with Crippen LogP contribution in [0.2, 0.25) is 0 Å². The highest BCUT2D eigenvalue weighted by molar-refractivity contribution is 5.67. The smallest absolute Gasteiger partial charge is 0.304 e. The first-order valence-electron chi connectivity index (χ1n) is 5.86. The molecular weight excluding hydrogens is 214 g/mol. The molecule has 0 saturated heterocycles. The lowest BCUT2D eigenvalue weighted by molar-refractivity contribution is -0.137. The summed E-state index contributed by atoms with van der Waals surface area (Å²) in [5.74, 6) is -0.836. The van der Waals surface area contributed by atoms with Gasteiger partial charge in [-0.15, -0.1) is 0 Å². The van der Waals surface area contributed by atoms with Crippen LogP contribution in [0.5, 0.6) is 0 Å². The van der Waals surface area contributed by atoms with Crippen LogP contribution in [0.15, 0.2) is 6.07 Å². The van der Waals surface area contributed by atoms with Crippen molar-refractivity contribution < 1.29 is 9.90 Å². The van der Waals surface area contributed by atoms with E-state index in [2.05, 4.69) is 33.8 Å². The molecule has 0 saturated carbocycles. The quantitative estimate of drug-likeness (QED) is 0.841. The summed E-state index contributed by atoms with van der Waals surface area (Å²) in [4.78, 5) is 10.6. The maximum atomic E-state index is 10.6. The first-order valence-corrected chi connectivity index (χ1v) is 5.86. The fourth-order valence-corrected chi connectivity index (χ4v) is 2.16. The van der Waals surface area contributed by atoms with Gasteiger partial charge in [0.25, 0.3) is 0 Å². The van der Waals surface area contributed by atoms with E-state index in [1.165, 1.54) is 27.8 Å². The Hall–Kier alpha value is -1.35. The zero-order valence-electron chi connectivity index (χ0n) is 11.0. The van der Waals surface area contributed by atoms with E-state index in [0.717, 1.165) is 0 Å². The normalized spacial score (nSPS) is 12.5. The highest BCUT2D eigenvalue weighted by atomic mass is 16.4. The first-order chi connectivity index (χ1) is 7.82. The molecule has 1 aromatic carbocycles. The predicted octanol–water partition coefficient (Wildman–Crippen LogP) is 2.26. The van der Waals surface area contributed by atoms with Crippen LogP contribution >= 0.6 is 0 Å². The molecule has 3 N–H and O–H groups in total. The zero-order valence-corrected chi connectivity index (χ0v) is 11.0. The van der Waals surface area contributed by atoms with Crippen LogP contribution < -0.4 is 5.73 Å². The van der Waals surface area contributed by atoms with Gasteiger partial charge in [-0.3, -0.25) is 4.79 Å². The third-order valence-corrected chi connectivity index (χ3v) is 3.42. The summed E-state index contributed by atoms with van der Waals surface area (Å²) < 4.78 is 0. The summed E-state index contributed by atoms with van der Waals surface area (Å²) in [6.07, 6.45) is 0.651. The lowest BCUT2D eigenvalue weighted by atomic mass is 9.90. The lowest BCUT2D eigenvalue weighted by Crippen LogP contribution is -2.27. The molecule has 3 nitrogen and oxygen atoms in total. The highest BCUT2D eigenvalue weighted by Crippen LogP contribution is 2.23. The zero-order chi connectivity index (χ0) is 13.2. The molecule has 0 amide bonds. The van der Waals surface area contributed by atoms with Crippen molar-refractivity contribution in [1.29, 1.82) is 0 Å². The maximum absolute atomic E-state index is 10.6. The SMILES string of the molecule is Cc1cc(C)c(C)c(CC(N)CC(=O)O)c1C. The van der Waals surface area contributed by atoms with Crippen LogP contribution in [-0.2, 0) is 11.2 Å². The Morgan fingerprint density at radius 3 is 2.12 bits per heavy atom. The molecule has 1 aromatic rings. The van der Waals surface area contributed by atoms with Crippen molar-refractivity contribution in [3.63, 3.8) is 0 Å². The minimum Gasteiger partial charge on any atom is -0.481 e. The second-order valence-electron chi connectivity index (χ2n) is 4.80. The van der Waals surface area contributed by atoms with Gasteiger partial charge in [-0.05, 0) is 61.9 Å². The first kappa shape index (κ1) is 13.7. The summed E-state index contributed by atoms with van der Waals surface area (Å²) in [5.41, 5.74) is 12.0. The van der Waals surface area contributed by atoms with E-state index in [1.54, 1.807) is 0 Å². The van der Waals surface area contributed by atoms with Gasteiger partial charge in [0, 0.05) is 6.04 Å². The van der Waals surface area contributed by atoms with Gasteiger partial charge in [0.05, 0.1) is 6.42 Å². The molecular formula is C14H21NO2. The van der Waals surface area contributed by atoms with Gasteiger partial charge in [0.1, 0.15) is 0 Å². The fourth-order valence-electron chi connectivity index (χ4n) is 2.16. The molecule has 0 aliphatic rings. The van der Waals surface area contributed by atoms with Gasteiger partial charge in [0.2, 0.25) is 0 Å². The van der Waals surface area contributed by atoms with E-state index < -0.39 is 5.97 Å². The highest BCUT2D eigenvalue weighted by Gasteiger charge is 2.14. The third kappa shape index (κ3) is 3.30. The maximum Gasteiger partial charge on any atom is 0.304 e. The molecule has 94 valence electrons. The monoisotopic (exact) mass is 235 g/mol. The molecule has 3 heteroatoms. The number of carbonyl (C=O) groups is 1. The van der Waals surface area contributed by atoms with E-state index in [-0.39, 0.29) is 12.5 Å². The van der Waals surface area contributed by atoms with Gasteiger partial charge in [-0.25, -0.2) is 0 Å². The summed E-state index contributed by atoms with van der Waals surface area (Å²) in [6, 6.07) is 1.85. The summed E-state index contributed by atoms with van der Waals surface area (Å²) in [6.45, 7) is 8.30. The lowest BCUT2D eigenvalue weighted by Gasteiger charge is -2.18. The molecule has 0 aliphatic heterocycles. The average molecular weight is 235 g/mol.